The maximum absolute atomic E-state index is 13.5. The third kappa shape index (κ3) is 4.53. The van der Waals surface area contributed by atoms with E-state index < -0.39 is 23.2 Å². The van der Waals surface area contributed by atoms with Gasteiger partial charge in [-0.15, -0.1) is 0 Å². The highest BCUT2D eigenvalue weighted by atomic mass is 32.1. The molecule has 5 rings (SSSR count). The lowest BCUT2D eigenvalue weighted by Gasteiger charge is -2.45. The number of hydrogen-bond donors (Lipinski definition) is 1. The van der Waals surface area contributed by atoms with Crippen LogP contribution in [0.1, 0.15) is 47.5 Å². The molecule has 1 amide bonds. The zero-order chi connectivity index (χ0) is 27.2. The first-order valence-corrected chi connectivity index (χ1v) is 12.8. The molecule has 0 atom stereocenters. The maximum Gasteiger partial charge on any atom is 0.416 e. The van der Waals surface area contributed by atoms with Gasteiger partial charge in [0, 0.05) is 37.5 Å². The Hall–Kier alpha value is -3.45. The quantitative estimate of drug-likeness (QED) is 0.476. The molecule has 38 heavy (non-hydrogen) atoms. The van der Waals surface area contributed by atoms with Crippen molar-refractivity contribution in [2.75, 3.05) is 32.6 Å². The van der Waals surface area contributed by atoms with Crippen LogP contribution < -0.4 is 19.5 Å². The Kier molecular flexibility index (Phi) is 6.68. The predicted molar refractivity (Wildman–Crippen MR) is 134 cm³/mol. The lowest BCUT2D eigenvalue weighted by molar-refractivity contribution is -0.137. The fourth-order valence-electron chi connectivity index (χ4n) is 4.85. The Bertz CT molecular complexity index is 1350. The minimum atomic E-state index is -4.51. The van der Waals surface area contributed by atoms with E-state index in [1.54, 1.807) is 0 Å². The number of nitrogens with zero attached hydrogens (tertiary/aromatic N) is 4. The number of hydrogen-bond acceptors (Lipinski definition) is 9. The van der Waals surface area contributed by atoms with Crippen molar-refractivity contribution in [3.63, 3.8) is 0 Å². The Morgan fingerprint density at radius 3 is 2.39 bits per heavy atom. The zero-order valence-electron chi connectivity index (χ0n) is 21.2. The van der Waals surface area contributed by atoms with Crippen molar-refractivity contribution in [1.29, 1.82) is 0 Å². The van der Waals surface area contributed by atoms with Gasteiger partial charge in [0.05, 0.1) is 30.4 Å². The van der Waals surface area contributed by atoms with Crippen molar-refractivity contribution < 1.29 is 32.2 Å². The second kappa shape index (κ2) is 9.70. The first kappa shape index (κ1) is 26.2. The molecule has 1 spiro atoms. The number of fused-ring (bicyclic) bond motifs is 4. The van der Waals surface area contributed by atoms with Crippen molar-refractivity contribution in [1.82, 2.24) is 19.9 Å². The van der Waals surface area contributed by atoms with Crippen LogP contribution in [0.4, 0.5) is 18.3 Å². The first-order valence-electron chi connectivity index (χ1n) is 12.0. The molecule has 2 aromatic heterocycles. The molecule has 202 valence electrons. The van der Waals surface area contributed by atoms with Gasteiger partial charge in [-0.25, -0.2) is 15.0 Å². The molecular formula is C25H26F3N5O4S. The number of carbonyl (C=O) groups is 1. The van der Waals surface area contributed by atoms with Gasteiger partial charge >= 0.3 is 6.18 Å². The van der Waals surface area contributed by atoms with Gasteiger partial charge in [0.25, 0.3) is 5.91 Å². The molecule has 2 aliphatic heterocycles. The number of anilines is 1. The molecule has 0 bridgehead atoms. The van der Waals surface area contributed by atoms with Crippen LogP contribution >= 0.6 is 11.3 Å². The highest BCUT2D eigenvalue weighted by molar-refractivity contribution is 7.16. The SMILES string of the molecule is COc1ncnc(OC)c1C(=O)Nc1nc2c(s1)C1(CCN(C(C)C)CC1)Oc1cc(C(F)(F)F)ccc1-2. The van der Waals surface area contributed by atoms with Crippen LogP contribution in [0.15, 0.2) is 24.5 Å². The van der Waals surface area contributed by atoms with Gasteiger partial charge in [-0.1, -0.05) is 11.3 Å². The molecule has 1 fully saturated rings. The summed E-state index contributed by atoms with van der Waals surface area (Å²) in [5.74, 6) is -0.404. The number of ether oxygens (including phenoxy) is 3. The number of benzene rings is 1. The van der Waals surface area contributed by atoms with Crippen molar-refractivity contribution in [3.05, 3.63) is 40.5 Å². The molecule has 1 N–H and O–H groups in total. The number of likely N-dealkylation sites (tertiary alicyclic amines) is 1. The van der Waals surface area contributed by atoms with E-state index in [4.69, 9.17) is 14.2 Å². The third-order valence-electron chi connectivity index (χ3n) is 6.86. The van der Waals surface area contributed by atoms with E-state index in [9.17, 15) is 18.0 Å². The summed E-state index contributed by atoms with van der Waals surface area (Å²) in [5.41, 5.74) is -0.705. The number of thiazole rings is 1. The van der Waals surface area contributed by atoms with Gasteiger partial charge in [0.15, 0.2) is 10.7 Å². The van der Waals surface area contributed by atoms with Gasteiger partial charge in [-0.3, -0.25) is 10.1 Å². The summed E-state index contributed by atoms with van der Waals surface area (Å²) in [6, 6.07) is 3.74. The number of alkyl halides is 3. The molecular weight excluding hydrogens is 523 g/mol. The fourth-order valence-corrected chi connectivity index (χ4v) is 6.01. The standard InChI is InChI=1S/C25H26F3N5O4S/c1-13(2)33-9-7-24(8-10-33)19-18(15-6-5-14(25(26,27)28)11-16(15)37-24)31-23(38-19)32-20(34)17-21(35-3)29-12-30-22(17)36-4/h5-6,11-13H,7-10H2,1-4H3,(H,31,32,34). The molecule has 0 aliphatic carbocycles. The number of carbonyl (C=O) groups excluding carboxylic acids is 1. The number of halogens is 3. The summed E-state index contributed by atoms with van der Waals surface area (Å²) in [6.07, 6.45) is -2.16. The van der Waals surface area contributed by atoms with Gasteiger partial charge in [0.1, 0.15) is 17.7 Å². The lowest BCUT2D eigenvalue weighted by Crippen LogP contribution is -2.48. The number of aromatic nitrogens is 3. The van der Waals surface area contributed by atoms with Crippen molar-refractivity contribution in [2.45, 2.75) is 44.5 Å². The lowest BCUT2D eigenvalue weighted by atomic mass is 9.84. The summed E-state index contributed by atoms with van der Waals surface area (Å²) in [7, 11) is 2.74. The average molecular weight is 550 g/mol. The smallest absolute Gasteiger partial charge is 0.416 e. The van der Waals surface area contributed by atoms with Crippen molar-refractivity contribution in [3.8, 4) is 28.8 Å². The van der Waals surface area contributed by atoms with E-state index in [-0.39, 0.29) is 28.2 Å². The van der Waals surface area contributed by atoms with E-state index in [0.717, 1.165) is 17.0 Å². The molecule has 0 unspecified atom stereocenters. The molecule has 1 saturated heterocycles. The first-order chi connectivity index (χ1) is 18.1. The fraction of sp³-hybridized carbons (Fsp3) is 0.440. The van der Waals surface area contributed by atoms with Crippen molar-refractivity contribution >= 4 is 22.4 Å². The minimum absolute atomic E-state index is 0.00269. The van der Waals surface area contributed by atoms with Crippen LogP contribution in [0.3, 0.4) is 0 Å². The minimum Gasteiger partial charge on any atom is -0.481 e. The monoisotopic (exact) mass is 549 g/mol. The number of amides is 1. The van der Waals surface area contributed by atoms with E-state index in [1.165, 1.54) is 38.0 Å². The average Bonchev–Trinajstić information content (AvgIpc) is 3.32. The van der Waals surface area contributed by atoms with Gasteiger partial charge in [-0.2, -0.15) is 13.2 Å². The zero-order valence-corrected chi connectivity index (χ0v) is 22.0. The molecule has 1 aromatic carbocycles. The van der Waals surface area contributed by atoms with Crippen molar-refractivity contribution in [2.24, 2.45) is 0 Å². The third-order valence-corrected chi connectivity index (χ3v) is 8.01. The summed E-state index contributed by atoms with van der Waals surface area (Å²) in [5, 5.41) is 3.02. The molecule has 0 radical (unpaired) electrons. The summed E-state index contributed by atoms with van der Waals surface area (Å²) in [4.78, 5) is 28.9. The van der Waals surface area contributed by atoms with Crippen LogP contribution in [0.2, 0.25) is 0 Å². The Morgan fingerprint density at radius 1 is 1.16 bits per heavy atom. The normalized spacial score (nSPS) is 16.5. The summed E-state index contributed by atoms with van der Waals surface area (Å²) >= 11 is 1.24. The molecule has 3 aromatic rings. The van der Waals surface area contributed by atoms with Crippen LogP contribution in [-0.4, -0.2) is 59.1 Å². The molecule has 2 aliphatic rings. The molecule has 13 heteroatoms. The topological polar surface area (TPSA) is 98.7 Å². The van der Waals surface area contributed by atoms with E-state index in [1.807, 2.05) is 0 Å². The van der Waals surface area contributed by atoms with E-state index in [2.05, 4.69) is 39.0 Å². The van der Waals surface area contributed by atoms with Crippen LogP contribution in [0.25, 0.3) is 11.3 Å². The number of piperidine rings is 1. The summed E-state index contributed by atoms with van der Waals surface area (Å²) < 4.78 is 57.3. The second-order valence-electron chi connectivity index (χ2n) is 9.35. The summed E-state index contributed by atoms with van der Waals surface area (Å²) in [6.45, 7) is 5.62. The Morgan fingerprint density at radius 2 is 1.82 bits per heavy atom. The molecule has 9 nitrogen and oxygen atoms in total. The van der Waals surface area contributed by atoms with E-state index >= 15 is 0 Å². The predicted octanol–water partition coefficient (Wildman–Crippen LogP) is 4.98. The number of rotatable bonds is 5. The molecule has 0 saturated carbocycles. The van der Waals surface area contributed by atoms with Crippen LogP contribution in [0, 0.1) is 0 Å². The van der Waals surface area contributed by atoms with Crippen LogP contribution in [-0.2, 0) is 11.8 Å². The van der Waals surface area contributed by atoms with E-state index in [0.29, 0.717) is 43.2 Å². The number of methoxy groups -OCH3 is 2. The molecule has 4 heterocycles. The number of nitrogens with one attached hydrogen (secondary N) is 1. The maximum atomic E-state index is 13.5. The van der Waals surface area contributed by atoms with Gasteiger partial charge < -0.3 is 19.1 Å². The second-order valence-corrected chi connectivity index (χ2v) is 10.4. The highest BCUT2D eigenvalue weighted by Gasteiger charge is 2.47. The van der Waals surface area contributed by atoms with Crippen LogP contribution in [0.5, 0.6) is 17.5 Å². The highest BCUT2D eigenvalue weighted by Crippen LogP contribution is 2.53. The Balaban J connectivity index is 1.56. The van der Waals surface area contributed by atoms with Gasteiger partial charge in [-0.05, 0) is 32.0 Å². The van der Waals surface area contributed by atoms with Gasteiger partial charge in [0.2, 0.25) is 11.8 Å². The Labute approximate surface area is 221 Å². The largest absolute Gasteiger partial charge is 0.481 e.